The third-order valence-corrected chi connectivity index (χ3v) is 4.65. The molecule has 1 aliphatic rings. The Balaban J connectivity index is 2.13. The summed E-state index contributed by atoms with van der Waals surface area (Å²) in [4.78, 5) is -0.480. The predicted molar refractivity (Wildman–Crippen MR) is 65.0 cm³/mol. The molecule has 1 fully saturated rings. The number of hydrogen-bond acceptors (Lipinski definition) is 3. The van der Waals surface area contributed by atoms with Crippen LogP contribution in [0.5, 0.6) is 0 Å². The molecular weight excluding hydrogens is 276 g/mol. The Kier molecular flexibility index (Phi) is 3.89. The van der Waals surface area contributed by atoms with Crippen molar-refractivity contribution < 1.29 is 22.3 Å². The smallest absolute Gasteiger partial charge is 0.240 e. The maximum atomic E-state index is 13.0. The van der Waals surface area contributed by atoms with E-state index in [9.17, 15) is 22.3 Å². The van der Waals surface area contributed by atoms with Gasteiger partial charge in [-0.1, -0.05) is 12.8 Å². The molecule has 1 saturated carbocycles. The first kappa shape index (κ1) is 14.4. The first-order chi connectivity index (χ1) is 8.81. The highest BCUT2D eigenvalue weighted by Gasteiger charge is 2.32. The van der Waals surface area contributed by atoms with Gasteiger partial charge in [0.2, 0.25) is 10.0 Å². The predicted octanol–water partition coefficient (Wildman–Crippen LogP) is 1.55. The molecule has 0 saturated heterocycles. The summed E-state index contributed by atoms with van der Waals surface area (Å²) >= 11 is 0. The zero-order chi connectivity index (χ0) is 14.1. The summed E-state index contributed by atoms with van der Waals surface area (Å²) in [6.45, 7) is -0.145. The molecule has 1 aromatic carbocycles. The molecule has 2 rings (SSSR count). The van der Waals surface area contributed by atoms with Crippen molar-refractivity contribution >= 4 is 10.0 Å². The summed E-state index contributed by atoms with van der Waals surface area (Å²) in [5, 5.41) is 10.0. The van der Waals surface area contributed by atoms with Gasteiger partial charge in [-0.15, -0.1) is 0 Å². The van der Waals surface area contributed by atoms with Gasteiger partial charge in [0, 0.05) is 12.6 Å². The van der Waals surface area contributed by atoms with Crippen LogP contribution in [0.2, 0.25) is 0 Å². The maximum Gasteiger partial charge on any atom is 0.240 e. The third-order valence-electron chi connectivity index (χ3n) is 3.27. The van der Waals surface area contributed by atoms with E-state index in [1.807, 2.05) is 0 Å². The summed E-state index contributed by atoms with van der Waals surface area (Å²) in [5.74, 6) is -1.92. The fourth-order valence-corrected chi connectivity index (χ4v) is 3.37. The summed E-state index contributed by atoms with van der Waals surface area (Å²) < 4.78 is 51.9. The zero-order valence-corrected chi connectivity index (χ0v) is 11.0. The van der Waals surface area contributed by atoms with Crippen molar-refractivity contribution in [3.63, 3.8) is 0 Å². The minimum absolute atomic E-state index is 0.145. The van der Waals surface area contributed by atoms with E-state index in [1.165, 1.54) is 0 Å². The summed E-state index contributed by atoms with van der Waals surface area (Å²) in [5.41, 5.74) is -1.06. The fraction of sp³-hybridized carbons (Fsp3) is 0.500. The fourth-order valence-electron chi connectivity index (χ4n) is 2.21. The van der Waals surface area contributed by atoms with Gasteiger partial charge < -0.3 is 5.11 Å². The maximum absolute atomic E-state index is 13.0. The average Bonchev–Trinajstić information content (AvgIpc) is 2.73. The largest absolute Gasteiger partial charge is 0.389 e. The second-order valence-corrected chi connectivity index (χ2v) is 6.63. The number of sulfonamides is 1. The van der Waals surface area contributed by atoms with Crippen LogP contribution in [0.15, 0.2) is 23.1 Å². The highest BCUT2D eigenvalue weighted by molar-refractivity contribution is 7.89. The zero-order valence-electron chi connectivity index (χ0n) is 10.2. The van der Waals surface area contributed by atoms with E-state index in [4.69, 9.17) is 0 Å². The van der Waals surface area contributed by atoms with Crippen LogP contribution in [0, 0.1) is 11.6 Å². The van der Waals surface area contributed by atoms with Gasteiger partial charge >= 0.3 is 0 Å². The number of nitrogens with one attached hydrogen (secondary N) is 1. The van der Waals surface area contributed by atoms with Crippen LogP contribution < -0.4 is 4.72 Å². The molecule has 0 unspecified atom stereocenters. The SMILES string of the molecule is O=S(=O)(NCC1(O)CCCC1)c1cc(F)cc(F)c1. The third kappa shape index (κ3) is 3.49. The van der Waals surface area contributed by atoms with Gasteiger partial charge in [0.15, 0.2) is 0 Å². The molecule has 0 aliphatic heterocycles. The molecule has 0 radical (unpaired) electrons. The molecule has 19 heavy (non-hydrogen) atoms. The minimum atomic E-state index is -4.02. The van der Waals surface area contributed by atoms with Crippen LogP contribution >= 0.6 is 0 Å². The van der Waals surface area contributed by atoms with E-state index in [2.05, 4.69) is 4.72 Å². The molecule has 0 amide bonds. The highest BCUT2D eigenvalue weighted by atomic mass is 32.2. The number of aliphatic hydroxyl groups is 1. The van der Waals surface area contributed by atoms with Gasteiger partial charge in [-0.2, -0.15) is 0 Å². The van der Waals surface area contributed by atoms with Crippen molar-refractivity contribution in [1.82, 2.24) is 4.72 Å². The molecule has 0 bridgehead atoms. The van der Waals surface area contributed by atoms with Gasteiger partial charge in [0.05, 0.1) is 10.5 Å². The topological polar surface area (TPSA) is 66.4 Å². The lowest BCUT2D eigenvalue weighted by atomic mass is 10.0. The van der Waals surface area contributed by atoms with Crippen molar-refractivity contribution in [2.75, 3.05) is 6.54 Å². The van der Waals surface area contributed by atoms with Gasteiger partial charge in [0.1, 0.15) is 11.6 Å². The molecule has 106 valence electrons. The van der Waals surface area contributed by atoms with Crippen LogP contribution in [0.4, 0.5) is 8.78 Å². The van der Waals surface area contributed by atoms with Crippen LogP contribution in [0.25, 0.3) is 0 Å². The normalized spacial score (nSPS) is 18.7. The Morgan fingerprint density at radius 2 is 1.68 bits per heavy atom. The number of benzene rings is 1. The van der Waals surface area contributed by atoms with Crippen molar-refractivity contribution in [3.05, 3.63) is 29.8 Å². The quantitative estimate of drug-likeness (QED) is 0.884. The second kappa shape index (κ2) is 5.15. The van der Waals surface area contributed by atoms with Crippen LogP contribution in [-0.4, -0.2) is 25.7 Å². The molecule has 0 aromatic heterocycles. The van der Waals surface area contributed by atoms with Crippen molar-refractivity contribution in [2.24, 2.45) is 0 Å². The average molecular weight is 291 g/mol. The first-order valence-corrected chi connectivity index (χ1v) is 7.47. The van der Waals surface area contributed by atoms with Crippen molar-refractivity contribution in [3.8, 4) is 0 Å². The Bertz CT molecular complexity index is 548. The van der Waals surface area contributed by atoms with Gasteiger partial charge in [0.25, 0.3) is 0 Å². The Morgan fingerprint density at radius 1 is 1.16 bits per heavy atom. The second-order valence-electron chi connectivity index (χ2n) is 4.86. The van der Waals surface area contributed by atoms with E-state index in [0.717, 1.165) is 25.0 Å². The minimum Gasteiger partial charge on any atom is -0.389 e. The van der Waals surface area contributed by atoms with Crippen molar-refractivity contribution in [2.45, 2.75) is 36.2 Å². The Hall–Kier alpha value is -1.05. The lowest BCUT2D eigenvalue weighted by Gasteiger charge is -2.22. The summed E-state index contributed by atoms with van der Waals surface area (Å²) in [7, 11) is -4.02. The molecule has 1 aromatic rings. The standard InChI is InChI=1S/C12H15F2NO3S/c13-9-5-10(14)7-11(6-9)19(17,18)15-8-12(16)3-1-2-4-12/h5-7,15-16H,1-4,8H2. The Morgan fingerprint density at radius 3 is 2.21 bits per heavy atom. The van der Waals surface area contributed by atoms with E-state index in [0.29, 0.717) is 18.9 Å². The molecule has 0 atom stereocenters. The van der Waals surface area contributed by atoms with Gasteiger partial charge in [-0.25, -0.2) is 21.9 Å². The Labute approximate surface area is 110 Å². The van der Waals surface area contributed by atoms with Crippen molar-refractivity contribution in [1.29, 1.82) is 0 Å². The van der Waals surface area contributed by atoms with Gasteiger partial charge in [-0.3, -0.25) is 0 Å². The van der Waals surface area contributed by atoms with Crippen LogP contribution in [-0.2, 0) is 10.0 Å². The molecule has 1 aliphatic carbocycles. The lowest BCUT2D eigenvalue weighted by Crippen LogP contribution is -2.40. The van der Waals surface area contributed by atoms with E-state index in [-0.39, 0.29) is 6.54 Å². The number of hydrogen-bond donors (Lipinski definition) is 2. The van der Waals surface area contributed by atoms with E-state index < -0.39 is 32.2 Å². The summed E-state index contributed by atoms with van der Waals surface area (Å²) in [6, 6.07) is 2.08. The molecule has 0 heterocycles. The first-order valence-electron chi connectivity index (χ1n) is 5.99. The molecular formula is C12H15F2NO3S. The van der Waals surface area contributed by atoms with Gasteiger partial charge in [-0.05, 0) is 25.0 Å². The van der Waals surface area contributed by atoms with Crippen LogP contribution in [0.3, 0.4) is 0 Å². The highest BCUT2D eigenvalue weighted by Crippen LogP contribution is 2.29. The molecule has 4 nitrogen and oxygen atoms in total. The molecule has 7 heteroatoms. The number of rotatable bonds is 4. The van der Waals surface area contributed by atoms with Crippen LogP contribution in [0.1, 0.15) is 25.7 Å². The molecule has 0 spiro atoms. The number of halogens is 2. The monoisotopic (exact) mass is 291 g/mol. The molecule has 2 N–H and O–H groups in total. The van der Waals surface area contributed by atoms with E-state index >= 15 is 0 Å². The van der Waals surface area contributed by atoms with E-state index in [1.54, 1.807) is 0 Å². The summed E-state index contributed by atoms with van der Waals surface area (Å²) in [6.07, 6.45) is 2.72. The lowest BCUT2D eigenvalue weighted by molar-refractivity contribution is 0.0532.